The minimum Gasteiger partial charge on any atom is -0.389 e. The molecule has 0 spiro atoms. The Morgan fingerprint density at radius 2 is 1.95 bits per heavy atom. The van der Waals surface area contributed by atoms with Gasteiger partial charge in [0, 0.05) is 23.7 Å². The average Bonchev–Trinajstić information content (AvgIpc) is 2.41. The SMILES string of the molecule is CC(=O)Nc1ccc(Sc2ccc([C@H](C)O)cn2)cc1. The number of aliphatic hydroxyl groups is 1. The van der Waals surface area contributed by atoms with E-state index in [0.717, 1.165) is 21.2 Å². The standard InChI is InChI=1S/C15H16N2O2S/c1-10(18)12-3-8-15(16-9-12)20-14-6-4-13(5-7-14)17-11(2)19/h3-10,18H,1-2H3,(H,17,19)/t10-/m0/s1. The second kappa shape index (κ2) is 6.54. The van der Waals surface area contributed by atoms with E-state index in [9.17, 15) is 9.90 Å². The van der Waals surface area contributed by atoms with Crippen LogP contribution in [0, 0.1) is 0 Å². The summed E-state index contributed by atoms with van der Waals surface area (Å²) in [6.45, 7) is 3.20. The van der Waals surface area contributed by atoms with Crippen LogP contribution in [0.15, 0.2) is 52.5 Å². The minimum atomic E-state index is -0.501. The molecule has 1 aromatic carbocycles. The van der Waals surface area contributed by atoms with Crippen LogP contribution in [-0.2, 0) is 4.79 Å². The van der Waals surface area contributed by atoms with Crippen LogP contribution in [-0.4, -0.2) is 16.0 Å². The predicted octanol–water partition coefficient (Wildman–Crippen LogP) is 3.24. The molecule has 0 fully saturated rings. The predicted molar refractivity (Wildman–Crippen MR) is 79.7 cm³/mol. The van der Waals surface area contributed by atoms with Crippen molar-refractivity contribution in [1.82, 2.24) is 4.98 Å². The first-order valence-corrected chi connectivity index (χ1v) is 7.06. The van der Waals surface area contributed by atoms with Gasteiger partial charge in [0.1, 0.15) is 5.03 Å². The first kappa shape index (κ1) is 14.6. The van der Waals surface area contributed by atoms with Crippen LogP contribution in [0.25, 0.3) is 0 Å². The second-order valence-electron chi connectivity index (χ2n) is 4.41. The monoisotopic (exact) mass is 288 g/mol. The number of carbonyl (C=O) groups is 1. The largest absolute Gasteiger partial charge is 0.389 e. The summed E-state index contributed by atoms with van der Waals surface area (Å²) in [5.74, 6) is -0.0826. The molecular weight excluding hydrogens is 272 g/mol. The number of pyridine rings is 1. The summed E-state index contributed by atoms with van der Waals surface area (Å²) in [6, 6.07) is 11.3. The van der Waals surface area contributed by atoms with Gasteiger partial charge in [0.2, 0.25) is 5.91 Å². The third kappa shape index (κ3) is 4.08. The molecule has 0 saturated heterocycles. The third-order valence-electron chi connectivity index (χ3n) is 2.64. The number of amides is 1. The zero-order chi connectivity index (χ0) is 14.5. The Labute approximate surface area is 122 Å². The highest BCUT2D eigenvalue weighted by Gasteiger charge is 2.03. The zero-order valence-electron chi connectivity index (χ0n) is 11.3. The molecule has 0 aliphatic carbocycles. The first-order chi connectivity index (χ1) is 9.54. The van der Waals surface area contributed by atoms with Crippen LogP contribution < -0.4 is 5.32 Å². The number of anilines is 1. The maximum atomic E-state index is 10.9. The smallest absolute Gasteiger partial charge is 0.221 e. The fourth-order valence-corrected chi connectivity index (χ4v) is 2.38. The number of hydrogen-bond donors (Lipinski definition) is 2. The topological polar surface area (TPSA) is 62.2 Å². The summed E-state index contributed by atoms with van der Waals surface area (Å²) in [6.07, 6.45) is 1.18. The number of nitrogens with one attached hydrogen (secondary N) is 1. The minimum absolute atomic E-state index is 0.0826. The molecule has 1 atom stereocenters. The third-order valence-corrected chi connectivity index (χ3v) is 3.60. The summed E-state index contributed by atoms with van der Waals surface area (Å²) in [4.78, 5) is 16.3. The lowest BCUT2D eigenvalue weighted by atomic mass is 10.2. The summed E-state index contributed by atoms with van der Waals surface area (Å²) >= 11 is 1.53. The molecule has 1 amide bonds. The molecule has 0 aliphatic rings. The van der Waals surface area contributed by atoms with Gasteiger partial charge in [-0.05, 0) is 42.8 Å². The lowest BCUT2D eigenvalue weighted by molar-refractivity contribution is -0.114. The van der Waals surface area contributed by atoms with Crippen LogP contribution in [0.2, 0.25) is 0 Å². The van der Waals surface area contributed by atoms with Gasteiger partial charge in [0.05, 0.1) is 6.10 Å². The average molecular weight is 288 g/mol. The number of rotatable bonds is 4. The van der Waals surface area contributed by atoms with Crippen molar-refractivity contribution in [3.05, 3.63) is 48.2 Å². The molecule has 4 nitrogen and oxygen atoms in total. The molecule has 0 unspecified atom stereocenters. The number of benzene rings is 1. The van der Waals surface area contributed by atoms with Crippen LogP contribution in [0.5, 0.6) is 0 Å². The Hall–Kier alpha value is -1.85. The van der Waals surface area contributed by atoms with Crippen molar-refractivity contribution >= 4 is 23.4 Å². The number of aromatic nitrogens is 1. The molecule has 104 valence electrons. The highest BCUT2D eigenvalue weighted by molar-refractivity contribution is 7.99. The van der Waals surface area contributed by atoms with Gasteiger partial charge in [-0.25, -0.2) is 4.98 Å². The Morgan fingerprint density at radius 1 is 1.25 bits per heavy atom. The quantitative estimate of drug-likeness (QED) is 0.906. The van der Waals surface area contributed by atoms with Crippen molar-refractivity contribution in [2.45, 2.75) is 29.9 Å². The molecule has 5 heteroatoms. The van der Waals surface area contributed by atoms with E-state index in [2.05, 4.69) is 10.3 Å². The zero-order valence-corrected chi connectivity index (χ0v) is 12.1. The van der Waals surface area contributed by atoms with Gasteiger partial charge in [-0.3, -0.25) is 4.79 Å². The molecule has 2 N–H and O–H groups in total. The van der Waals surface area contributed by atoms with Gasteiger partial charge >= 0.3 is 0 Å². The van der Waals surface area contributed by atoms with E-state index >= 15 is 0 Å². The van der Waals surface area contributed by atoms with Crippen molar-refractivity contribution in [2.75, 3.05) is 5.32 Å². The lowest BCUT2D eigenvalue weighted by Gasteiger charge is -2.06. The van der Waals surface area contributed by atoms with E-state index in [-0.39, 0.29) is 5.91 Å². The summed E-state index contributed by atoms with van der Waals surface area (Å²) in [7, 11) is 0. The highest BCUT2D eigenvalue weighted by Crippen LogP contribution is 2.27. The van der Waals surface area contributed by atoms with Gasteiger partial charge < -0.3 is 10.4 Å². The molecule has 0 aliphatic heterocycles. The summed E-state index contributed by atoms with van der Waals surface area (Å²) in [5, 5.41) is 13.0. The Morgan fingerprint density at radius 3 is 2.45 bits per heavy atom. The normalized spacial score (nSPS) is 11.9. The molecule has 0 bridgehead atoms. The lowest BCUT2D eigenvalue weighted by Crippen LogP contribution is -2.05. The van der Waals surface area contributed by atoms with E-state index in [1.807, 2.05) is 36.4 Å². The fourth-order valence-electron chi connectivity index (χ4n) is 1.63. The van der Waals surface area contributed by atoms with Crippen LogP contribution in [0.3, 0.4) is 0 Å². The molecule has 0 saturated carbocycles. The molecule has 2 aromatic rings. The van der Waals surface area contributed by atoms with Crippen molar-refractivity contribution < 1.29 is 9.90 Å². The van der Waals surface area contributed by atoms with E-state index < -0.39 is 6.10 Å². The van der Waals surface area contributed by atoms with Crippen molar-refractivity contribution in [1.29, 1.82) is 0 Å². The first-order valence-electron chi connectivity index (χ1n) is 6.24. The maximum absolute atomic E-state index is 10.9. The number of nitrogens with zero attached hydrogens (tertiary/aromatic N) is 1. The maximum Gasteiger partial charge on any atom is 0.221 e. The molecule has 20 heavy (non-hydrogen) atoms. The molecule has 2 rings (SSSR count). The summed E-state index contributed by atoms with van der Waals surface area (Å²) < 4.78 is 0. The Kier molecular flexibility index (Phi) is 4.76. The van der Waals surface area contributed by atoms with E-state index in [0.29, 0.717) is 0 Å². The molecule has 1 aromatic heterocycles. The molecule has 1 heterocycles. The Balaban J connectivity index is 2.04. The number of hydrogen-bond acceptors (Lipinski definition) is 4. The number of carbonyl (C=O) groups excluding carboxylic acids is 1. The van der Waals surface area contributed by atoms with Crippen molar-refractivity contribution in [3.8, 4) is 0 Å². The van der Waals surface area contributed by atoms with Crippen molar-refractivity contribution in [2.24, 2.45) is 0 Å². The van der Waals surface area contributed by atoms with E-state index in [1.54, 1.807) is 13.1 Å². The van der Waals surface area contributed by atoms with Crippen LogP contribution in [0.4, 0.5) is 5.69 Å². The number of aliphatic hydroxyl groups excluding tert-OH is 1. The molecular formula is C15H16N2O2S. The van der Waals surface area contributed by atoms with Gasteiger partial charge in [-0.1, -0.05) is 17.8 Å². The van der Waals surface area contributed by atoms with Crippen LogP contribution in [0.1, 0.15) is 25.5 Å². The highest BCUT2D eigenvalue weighted by atomic mass is 32.2. The van der Waals surface area contributed by atoms with Gasteiger partial charge in [0.25, 0.3) is 0 Å². The second-order valence-corrected chi connectivity index (χ2v) is 5.51. The summed E-state index contributed by atoms with van der Waals surface area (Å²) in [5.41, 5.74) is 1.58. The fraction of sp³-hybridized carbons (Fsp3) is 0.200. The van der Waals surface area contributed by atoms with E-state index in [1.165, 1.54) is 18.7 Å². The molecule has 0 radical (unpaired) electrons. The van der Waals surface area contributed by atoms with Crippen LogP contribution >= 0.6 is 11.8 Å². The van der Waals surface area contributed by atoms with Crippen molar-refractivity contribution in [3.63, 3.8) is 0 Å². The Bertz CT molecular complexity index is 580. The van der Waals surface area contributed by atoms with Gasteiger partial charge in [0.15, 0.2) is 0 Å². The van der Waals surface area contributed by atoms with Gasteiger partial charge in [-0.2, -0.15) is 0 Å². The van der Waals surface area contributed by atoms with Gasteiger partial charge in [-0.15, -0.1) is 0 Å². The van der Waals surface area contributed by atoms with E-state index in [4.69, 9.17) is 0 Å².